The number of sulfonamides is 1. The van der Waals surface area contributed by atoms with E-state index in [1.807, 2.05) is 6.92 Å². The van der Waals surface area contributed by atoms with Crippen molar-refractivity contribution >= 4 is 10.0 Å². The van der Waals surface area contributed by atoms with Gasteiger partial charge >= 0.3 is 0 Å². The van der Waals surface area contributed by atoms with E-state index in [1.54, 1.807) is 0 Å². The molecule has 1 heterocycles. The maximum absolute atomic E-state index is 12.0. The first kappa shape index (κ1) is 13.9. The summed E-state index contributed by atoms with van der Waals surface area (Å²) >= 11 is 0. The van der Waals surface area contributed by atoms with Crippen LogP contribution >= 0.6 is 0 Å². The summed E-state index contributed by atoms with van der Waals surface area (Å²) in [6.07, 6.45) is 2.34. The van der Waals surface area contributed by atoms with E-state index >= 15 is 0 Å². The van der Waals surface area contributed by atoms with Crippen LogP contribution in [-0.4, -0.2) is 32.8 Å². The minimum absolute atomic E-state index is 0.0416. The van der Waals surface area contributed by atoms with Gasteiger partial charge in [0.25, 0.3) is 0 Å². The Bertz CT molecular complexity index is 295. The summed E-state index contributed by atoms with van der Waals surface area (Å²) in [6.45, 7) is 7.78. The van der Waals surface area contributed by atoms with Crippen molar-refractivity contribution in [3.8, 4) is 0 Å². The maximum atomic E-state index is 12.0. The van der Waals surface area contributed by atoms with Crippen molar-refractivity contribution in [3.63, 3.8) is 0 Å². The standard InChI is InChI=1S/C11H24N2O2S/c1-9(2)8-10(3)13-16(14,15)11-4-6-12-7-5-11/h9-13H,4-8H2,1-3H3. The maximum Gasteiger partial charge on any atom is 0.214 e. The lowest BCUT2D eigenvalue weighted by molar-refractivity contribution is 0.459. The van der Waals surface area contributed by atoms with Crippen molar-refractivity contribution in [2.45, 2.75) is 51.3 Å². The van der Waals surface area contributed by atoms with Gasteiger partial charge in [0.05, 0.1) is 5.25 Å². The van der Waals surface area contributed by atoms with Crippen LogP contribution < -0.4 is 10.0 Å². The first-order chi connectivity index (χ1) is 7.42. The summed E-state index contributed by atoms with van der Waals surface area (Å²) in [5, 5.41) is 2.97. The van der Waals surface area contributed by atoms with Crippen LogP contribution in [0.3, 0.4) is 0 Å². The van der Waals surface area contributed by atoms with Crippen LogP contribution in [0.5, 0.6) is 0 Å². The van der Waals surface area contributed by atoms with Gasteiger partial charge < -0.3 is 5.32 Å². The van der Waals surface area contributed by atoms with Crippen molar-refractivity contribution in [2.75, 3.05) is 13.1 Å². The molecule has 1 saturated heterocycles. The van der Waals surface area contributed by atoms with Crippen molar-refractivity contribution in [1.29, 1.82) is 0 Å². The molecule has 5 heteroatoms. The summed E-state index contributed by atoms with van der Waals surface area (Å²) in [7, 11) is -3.12. The van der Waals surface area contributed by atoms with E-state index in [4.69, 9.17) is 0 Å². The zero-order valence-electron chi connectivity index (χ0n) is 10.5. The summed E-state index contributed by atoms with van der Waals surface area (Å²) in [4.78, 5) is 0. The monoisotopic (exact) mass is 248 g/mol. The number of hydrogen-bond acceptors (Lipinski definition) is 3. The molecule has 0 amide bonds. The molecule has 0 spiro atoms. The molecule has 1 aliphatic rings. The van der Waals surface area contributed by atoms with Gasteiger partial charge in [-0.05, 0) is 45.2 Å². The second kappa shape index (κ2) is 5.98. The zero-order chi connectivity index (χ0) is 12.2. The fourth-order valence-electron chi connectivity index (χ4n) is 2.24. The molecule has 96 valence electrons. The topological polar surface area (TPSA) is 58.2 Å². The SMILES string of the molecule is CC(C)CC(C)NS(=O)(=O)C1CCNCC1. The molecular formula is C11H24N2O2S. The first-order valence-electron chi connectivity index (χ1n) is 6.13. The number of hydrogen-bond donors (Lipinski definition) is 2. The van der Waals surface area contributed by atoms with Crippen molar-refractivity contribution in [1.82, 2.24) is 10.0 Å². The zero-order valence-corrected chi connectivity index (χ0v) is 11.3. The molecule has 0 bridgehead atoms. The summed E-state index contributed by atoms with van der Waals surface area (Å²) in [5.74, 6) is 0.519. The number of rotatable bonds is 5. The molecule has 0 saturated carbocycles. The fraction of sp³-hybridized carbons (Fsp3) is 1.00. The molecular weight excluding hydrogens is 224 g/mol. The molecule has 1 unspecified atom stereocenters. The molecule has 1 atom stereocenters. The Morgan fingerprint density at radius 1 is 1.25 bits per heavy atom. The average molecular weight is 248 g/mol. The van der Waals surface area contributed by atoms with E-state index in [2.05, 4.69) is 23.9 Å². The molecule has 1 fully saturated rings. The molecule has 0 radical (unpaired) electrons. The average Bonchev–Trinajstić information content (AvgIpc) is 2.16. The molecule has 0 aromatic carbocycles. The third-order valence-corrected chi connectivity index (χ3v) is 5.00. The molecule has 0 aromatic rings. The van der Waals surface area contributed by atoms with Gasteiger partial charge in [0.2, 0.25) is 10.0 Å². The lowest BCUT2D eigenvalue weighted by Gasteiger charge is -2.25. The quantitative estimate of drug-likeness (QED) is 0.766. The van der Waals surface area contributed by atoms with Crippen LogP contribution in [-0.2, 0) is 10.0 Å². The highest BCUT2D eigenvalue weighted by Gasteiger charge is 2.28. The van der Waals surface area contributed by atoms with Crippen LogP contribution in [0.2, 0.25) is 0 Å². The van der Waals surface area contributed by atoms with Gasteiger partial charge in [0.15, 0.2) is 0 Å². The lowest BCUT2D eigenvalue weighted by atomic mass is 10.1. The van der Waals surface area contributed by atoms with Gasteiger partial charge in [0.1, 0.15) is 0 Å². The summed E-state index contributed by atoms with van der Waals surface area (Å²) < 4.78 is 26.9. The van der Waals surface area contributed by atoms with Gasteiger partial charge in [-0.2, -0.15) is 0 Å². The van der Waals surface area contributed by atoms with Crippen molar-refractivity contribution < 1.29 is 8.42 Å². The molecule has 0 aliphatic carbocycles. The lowest BCUT2D eigenvalue weighted by Crippen LogP contribution is -2.44. The highest BCUT2D eigenvalue weighted by atomic mass is 32.2. The normalized spacial score (nSPS) is 21.2. The van der Waals surface area contributed by atoms with E-state index in [9.17, 15) is 8.42 Å². The second-order valence-corrected chi connectivity index (χ2v) is 7.14. The molecule has 0 aromatic heterocycles. The smallest absolute Gasteiger partial charge is 0.214 e. The molecule has 1 aliphatic heterocycles. The second-order valence-electron chi connectivity index (χ2n) is 5.14. The van der Waals surface area contributed by atoms with E-state index in [0.29, 0.717) is 5.92 Å². The Morgan fingerprint density at radius 2 is 1.81 bits per heavy atom. The molecule has 16 heavy (non-hydrogen) atoms. The van der Waals surface area contributed by atoms with Gasteiger partial charge in [0, 0.05) is 6.04 Å². The van der Waals surface area contributed by atoms with Crippen LogP contribution in [0, 0.1) is 5.92 Å². The Balaban J connectivity index is 2.49. The van der Waals surface area contributed by atoms with E-state index < -0.39 is 10.0 Å². The van der Waals surface area contributed by atoms with E-state index in [0.717, 1.165) is 32.4 Å². The van der Waals surface area contributed by atoms with Crippen molar-refractivity contribution in [3.05, 3.63) is 0 Å². The van der Waals surface area contributed by atoms with Crippen LogP contribution in [0.4, 0.5) is 0 Å². The van der Waals surface area contributed by atoms with Crippen molar-refractivity contribution in [2.24, 2.45) is 5.92 Å². The minimum Gasteiger partial charge on any atom is -0.317 e. The van der Waals surface area contributed by atoms with Gasteiger partial charge in [-0.25, -0.2) is 13.1 Å². The summed E-state index contributed by atoms with van der Waals surface area (Å²) in [6, 6.07) is 0.0416. The Labute approximate surface area is 99.2 Å². The van der Waals surface area contributed by atoms with Crippen LogP contribution in [0.25, 0.3) is 0 Å². The first-order valence-corrected chi connectivity index (χ1v) is 7.68. The predicted molar refractivity (Wildman–Crippen MR) is 66.9 cm³/mol. The summed E-state index contributed by atoms with van der Waals surface area (Å²) in [5.41, 5.74) is 0. The number of piperidine rings is 1. The fourth-order valence-corrected chi connectivity index (χ4v) is 3.94. The largest absolute Gasteiger partial charge is 0.317 e. The Morgan fingerprint density at radius 3 is 2.31 bits per heavy atom. The minimum atomic E-state index is -3.12. The van der Waals surface area contributed by atoms with Crippen LogP contribution in [0.15, 0.2) is 0 Å². The predicted octanol–water partition coefficient (Wildman–Crippen LogP) is 1.09. The van der Waals surface area contributed by atoms with Gasteiger partial charge in [-0.3, -0.25) is 0 Å². The van der Waals surface area contributed by atoms with Gasteiger partial charge in [-0.15, -0.1) is 0 Å². The highest BCUT2D eigenvalue weighted by Crippen LogP contribution is 2.14. The molecule has 4 nitrogen and oxygen atoms in total. The van der Waals surface area contributed by atoms with Crippen LogP contribution in [0.1, 0.15) is 40.0 Å². The Hall–Kier alpha value is -0.130. The van der Waals surface area contributed by atoms with E-state index in [-0.39, 0.29) is 11.3 Å². The Kier molecular flexibility index (Phi) is 5.21. The van der Waals surface area contributed by atoms with E-state index in [1.165, 1.54) is 0 Å². The third-order valence-electron chi connectivity index (χ3n) is 2.92. The highest BCUT2D eigenvalue weighted by molar-refractivity contribution is 7.90. The molecule has 1 rings (SSSR count). The number of nitrogens with one attached hydrogen (secondary N) is 2. The van der Waals surface area contributed by atoms with Gasteiger partial charge in [-0.1, -0.05) is 13.8 Å². The third kappa shape index (κ3) is 4.39. The molecule has 2 N–H and O–H groups in total.